The molecule has 0 aliphatic heterocycles. The summed E-state index contributed by atoms with van der Waals surface area (Å²) in [6, 6.07) is 9.83. The third-order valence-electron chi connectivity index (χ3n) is 3.13. The molecule has 0 aliphatic rings. The monoisotopic (exact) mass is 321 g/mol. The Morgan fingerprint density at radius 2 is 1.87 bits per heavy atom. The number of aryl methyl sites for hydroxylation is 1. The standard InChI is InChI=1S/C17H17F2NO3/c18-13-2-7-16(19)12(11-13)1-8-17(22)20-14-3-5-15(6-4-14)23-10-9-21/h2-7,11,21H,1,8-10H2,(H,20,22). The highest BCUT2D eigenvalue weighted by atomic mass is 19.1. The summed E-state index contributed by atoms with van der Waals surface area (Å²) in [7, 11) is 0. The summed E-state index contributed by atoms with van der Waals surface area (Å²) in [5.74, 6) is -0.763. The van der Waals surface area contributed by atoms with Crippen LogP contribution in [-0.2, 0) is 11.2 Å². The maximum absolute atomic E-state index is 13.5. The van der Waals surface area contributed by atoms with Crippen molar-refractivity contribution in [2.75, 3.05) is 18.5 Å². The van der Waals surface area contributed by atoms with Crippen LogP contribution < -0.4 is 10.1 Å². The maximum Gasteiger partial charge on any atom is 0.224 e. The van der Waals surface area contributed by atoms with Gasteiger partial charge in [-0.2, -0.15) is 0 Å². The summed E-state index contributed by atoms with van der Waals surface area (Å²) in [5, 5.41) is 11.3. The van der Waals surface area contributed by atoms with Crippen LogP contribution in [0, 0.1) is 11.6 Å². The fourth-order valence-corrected chi connectivity index (χ4v) is 2.00. The molecular formula is C17H17F2NO3. The molecule has 2 N–H and O–H groups in total. The molecule has 2 rings (SSSR count). The van der Waals surface area contributed by atoms with E-state index in [9.17, 15) is 13.6 Å². The lowest BCUT2D eigenvalue weighted by atomic mass is 10.1. The van der Waals surface area contributed by atoms with Gasteiger partial charge in [0.25, 0.3) is 0 Å². The summed E-state index contributed by atoms with van der Waals surface area (Å²) >= 11 is 0. The molecule has 23 heavy (non-hydrogen) atoms. The summed E-state index contributed by atoms with van der Waals surface area (Å²) < 4.78 is 31.7. The van der Waals surface area contributed by atoms with Gasteiger partial charge in [-0.1, -0.05) is 0 Å². The Kier molecular flexibility index (Phi) is 6.05. The second kappa shape index (κ2) is 8.24. The van der Waals surface area contributed by atoms with E-state index in [1.165, 1.54) is 0 Å². The minimum absolute atomic E-state index is 0.0448. The van der Waals surface area contributed by atoms with E-state index in [-0.39, 0.29) is 37.5 Å². The fourth-order valence-electron chi connectivity index (χ4n) is 2.00. The number of carbonyl (C=O) groups is 1. The van der Waals surface area contributed by atoms with Crippen LogP contribution in [0.3, 0.4) is 0 Å². The number of rotatable bonds is 7. The van der Waals surface area contributed by atoms with Gasteiger partial charge in [-0.25, -0.2) is 8.78 Å². The van der Waals surface area contributed by atoms with Crippen LogP contribution >= 0.6 is 0 Å². The minimum Gasteiger partial charge on any atom is -0.491 e. The van der Waals surface area contributed by atoms with Gasteiger partial charge in [-0.15, -0.1) is 0 Å². The molecule has 6 heteroatoms. The molecule has 0 aromatic heterocycles. The van der Waals surface area contributed by atoms with Crippen LogP contribution in [0.25, 0.3) is 0 Å². The first-order chi connectivity index (χ1) is 11.1. The number of benzene rings is 2. The first kappa shape index (κ1) is 16.9. The Bertz CT molecular complexity index is 659. The number of anilines is 1. The zero-order valence-electron chi connectivity index (χ0n) is 12.4. The molecule has 2 aromatic rings. The number of hydrogen-bond acceptors (Lipinski definition) is 3. The number of aliphatic hydroxyl groups is 1. The predicted octanol–water partition coefficient (Wildman–Crippen LogP) is 2.91. The average Bonchev–Trinajstić information content (AvgIpc) is 2.55. The molecule has 0 spiro atoms. The molecule has 1 amide bonds. The third kappa shape index (κ3) is 5.34. The molecular weight excluding hydrogens is 304 g/mol. The van der Waals surface area contributed by atoms with Gasteiger partial charge in [-0.3, -0.25) is 4.79 Å². The van der Waals surface area contributed by atoms with Gasteiger partial charge in [-0.05, 0) is 54.4 Å². The van der Waals surface area contributed by atoms with Gasteiger partial charge in [0.15, 0.2) is 0 Å². The largest absolute Gasteiger partial charge is 0.491 e. The Balaban J connectivity index is 1.85. The van der Waals surface area contributed by atoms with E-state index in [4.69, 9.17) is 9.84 Å². The number of nitrogens with one attached hydrogen (secondary N) is 1. The van der Waals surface area contributed by atoms with Gasteiger partial charge in [0.1, 0.15) is 24.0 Å². The van der Waals surface area contributed by atoms with Gasteiger partial charge in [0.05, 0.1) is 6.61 Å². The number of amides is 1. The van der Waals surface area contributed by atoms with Crippen LogP contribution in [0.5, 0.6) is 5.75 Å². The highest BCUT2D eigenvalue weighted by molar-refractivity contribution is 5.90. The van der Waals surface area contributed by atoms with Crippen molar-refractivity contribution in [2.24, 2.45) is 0 Å². The molecule has 0 fully saturated rings. The van der Waals surface area contributed by atoms with Gasteiger partial charge < -0.3 is 15.2 Å². The van der Waals surface area contributed by atoms with Crippen LogP contribution in [0.15, 0.2) is 42.5 Å². The highest BCUT2D eigenvalue weighted by Crippen LogP contribution is 2.16. The molecule has 122 valence electrons. The molecule has 4 nitrogen and oxygen atoms in total. The SMILES string of the molecule is O=C(CCc1cc(F)ccc1F)Nc1ccc(OCCO)cc1. The van der Waals surface area contributed by atoms with Crippen LogP contribution in [0.4, 0.5) is 14.5 Å². The number of aliphatic hydroxyl groups excluding tert-OH is 1. The lowest BCUT2D eigenvalue weighted by Crippen LogP contribution is -2.12. The molecule has 0 unspecified atom stereocenters. The molecule has 0 aliphatic carbocycles. The lowest BCUT2D eigenvalue weighted by molar-refractivity contribution is -0.116. The quantitative estimate of drug-likeness (QED) is 0.824. The minimum atomic E-state index is -0.528. The van der Waals surface area contributed by atoms with E-state index in [1.54, 1.807) is 24.3 Å². The molecule has 0 saturated carbocycles. The van der Waals surface area contributed by atoms with Crippen molar-refractivity contribution in [3.8, 4) is 5.75 Å². The third-order valence-corrected chi connectivity index (χ3v) is 3.13. The second-order valence-corrected chi connectivity index (χ2v) is 4.88. The topological polar surface area (TPSA) is 58.6 Å². The van der Waals surface area contributed by atoms with E-state index in [0.717, 1.165) is 18.2 Å². The van der Waals surface area contributed by atoms with E-state index in [0.29, 0.717) is 11.4 Å². The molecule has 0 saturated heterocycles. The van der Waals surface area contributed by atoms with E-state index < -0.39 is 11.6 Å². The molecule has 0 bridgehead atoms. The number of ether oxygens (including phenoxy) is 1. The number of halogens is 2. The van der Waals surface area contributed by atoms with Gasteiger partial charge in [0, 0.05) is 12.1 Å². The molecule has 0 heterocycles. The molecule has 0 radical (unpaired) electrons. The summed E-state index contributed by atoms with van der Waals surface area (Å²) in [6.45, 7) is 0.125. The maximum atomic E-state index is 13.5. The summed E-state index contributed by atoms with van der Waals surface area (Å²) in [5.41, 5.74) is 0.749. The van der Waals surface area contributed by atoms with Gasteiger partial charge >= 0.3 is 0 Å². The summed E-state index contributed by atoms with van der Waals surface area (Å²) in [6.07, 6.45) is 0.163. The van der Waals surface area contributed by atoms with Crippen molar-refractivity contribution < 1.29 is 23.4 Å². The number of hydrogen-bond donors (Lipinski definition) is 2. The molecule has 0 atom stereocenters. The average molecular weight is 321 g/mol. The van der Waals surface area contributed by atoms with Crippen LogP contribution in [-0.4, -0.2) is 24.2 Å². The van der Waals surface area contributed by atoms with Crippen molar-refractivity contribution in [1.82, 2.24) is 0 Å². The van der Waals surface area contributed by atoms with Crippen molar-refractivity contribution in [2.45, 2.75) is 12.8 Å². The van der Waals surface area contributed by atoms with Crippen molar-refractivity contribution >= 4 is 11.6 Å². The Morgan fingerprint density at radius 3 is 2.57 bits per heavy atom. The Hall–Kier alpha value is -2.47. The molecule has 2 aromatic carbocycles. The van der Waals surface area contributed by atoms with Crippen LogP contribution in [0.2, 0.25) is 0 Å². The summed E-state index contributed by atoms with van der Waals surface area (Å²) in [4.78, 5) is 11.8. The van der Waals surface area contributed by atoms with Crippen LogP contribution in [0.1, 0.15) is 12.0 Å². The smallest absolute Gasteiger partial charge is 0.224 e. The Labute approximate surface area is 132 Å². The zero-order valence-corrected chi connectivity index (χ0v) is 12.4. The van der Waals surface area contributed by atoms with E-state index >= 15 is 0 Å². The number of carbonyl (C=O) groups excluding carboxylic acids is 1. The highest BCUT2D eigenvalue weighted by Gasteiger charge is 2.08. The lowest BCUT2D eigenvalue weighted by Gasteiger charge is -2.08. The first-order valence-electron chi connectivity index (χ1n) is 7.16. The van der Waals surface area contributed by atoms with Crippen molar-refractivity contribution in [3.63, 3.8) is 0 Å². The second-order valence-electron chi connectivity index (χ2n) is 4.88. The zero-order chi connectivity index (χ0) is 16.7. The van der Waals surface area contributed by atoms with Crippen molar-refractivity contribution in [3.05, 3.63) is 59.7 Å². The van der Waals surface area contributed by atoms with Crippen molar-refractivity contribution in [1.29, 1.82) is 0 Å². The van der Waals surface area contributed by atoms with E-state index in [1.807, 2.05) is 0 Å². The fraction of sp³-hybridized carbons (Fsp3) is 0.235. The van der Waals surface area contributed by atoms with Gasteiger partial charge in [0.2, 0.25) is 5.91 Å². The first-order valence-corrected chi connectivity index (χ1v) is 7.16. The van der Waals surface area contributed by atoms with E-state index in [2.05, 4.69) is 5.32 Å². The Morgan fingerprint density at radius 1 is 1.13 bits per heavy atom. The normalized spacial score (nSPS) is 10.4. The predicted molar refractivity (Wildman–Crippen MR) is 82.3 cm³/mol.